The molecular weight excluding hydrogens is 348 g/mol. The highest BCUT2D eigenvalue weighted by Crippen LogP contribution is 2.28. The molecule has 21 heavy (non-hydrogen) atoms. The van der Waals surface area contributed by atoms with Crippen LogP contribution in [-0.2, 0) is 24.9 Å². The summed E-state index contributed by atoms with van der Waals surface area (Å²) in [6.45, 7) is 1.84. The zero-order valence-electron chi connectivity index (χ0n) is 11.5. The van der Waals surface area contributed by atoms with E-state index in [0.29, 0.717) is 12.2 Å². The normalized spacial score (nSPS) is 11.1. The second-order valence-corrected chi connectivity index (χ2v) is 5.33. The monoisotopic (exact) mass is 361 g/mol. The number of nitrogens with zero attached hydrogens (tertiary/aromatic N) is 4. The number of aryl methyl sites for hydroxylation is 1. The molecule has 0 bridgehead atoms. The van der Waals surface area contributed by atoms with E-state index in [1.165, 1.54) is 4.68 Å². The van der Waals surface area contributed by atoms with Gasteiger partial charge >= 0.3 is 0 Å². The number of carbonyl (C=O) groups is 1. The number of hydrogen-bond acceptors (Lipinski definition) is 3. The lowest BCUT2D eigenvalue weighted by atomic mass is 10.3. The summed E-state index contributed by atoms with van der Waals surface area (Å²) in [7, 11) is 1.78. The molecule has 0 aliphatic carbocycles. The molecule has 9 heteroatoms. The minimum atomic E-state index is -2.68. The number of nitrogens with one attached hydrogen (secondary N) is 1. The van der Waals surface area contributed by atoms with Crippen molar-refractivity contribution in [3.05, 3.63) is 33.8 Å². The highest BCUT2D eigenvalue weighted by molar-refractivity contribution is 9.10. The molecule has 0 atom stereocenters. The summed E-state index contributed by atoms with van der Waals surface area (Å²) >= 11 is 3.06. The van der Waals surface area contributed by atoms with Crippen LogP contribution in [0.15, 0.2) is 16.9 Å². The molecule has 0 saturated heterocycles. The third-order valence-corrected chi connectivity index (χ3v) is 3.89. The minimum absolute atomic E-state index is 0.114. The van der Waals surface area contributed by atoms with E-state index in [9.17, 15) is 13.6 Å². The summed E-state index contributed by atoms with van der Waals surface area (Å²) in [5.74, 6) is -0.308. The molecule has 2 heterocycles. The molecule has 0 aliphatic rings. The maximum absolute atomic E-state index is 12.7. The average molecular weight is 362 g/mol. The number of alkyl halides is 2. The Bertz CT molecular complexity index is 652. The van der Waals surface area contributed by atoms with Gasteiger partial charge in [-0.25, -0.2) is 8.78 Å². The Morgan fingerprint density at radius 2 is 2.24 bits per heavy atom. The fourth-order valence-electron chi connectivity index (χ4n) is 1.80. The molecule has 0 unspecified atom stereocenters. The van der Waals surface area contributed by atoms with Crippen LogP contribution < -0.4 is 5.32 Å². The molecule has 2 rings (SSSR count). The van der Waals surface area contributed by atoms with Gasteiger partial charge in [0.2, 0.25) is 5.91 Å². The second-order valence-electron chi connectivity index (χ2n) is 4.54. The molecule has 0 spiro atoms. The number of amides is 1. The van der Waals surface area contributed by atoms with E-state index >= 15 is 0 Å². The average Bonchev–Trinajstić information content (AvgIpc) is 2.95. The van der Waals surface area contributed by atoms with E-state index in [4.69, 9.17) is 0 Å². The van der Waals surface area contributed by atoms with Crippen molar-refractivity contribution in [2.75, 3.05) is 0 Å². The summed E-state index contributed by atoms with van der Waals surface area (Å²) in [5, 5.41) is 10.4. The van der Waals surface area contributed by atoms with Crippen LogP contribution in [-0.4, -0.2) is 25.5 Å². The van der Waals surface area contributed by atoms with E-state index in [-0.39, 0.29) is 22.6 Å². The van der Waals surface area contributed by atoms with Crippen molar-refractivity contribution in [3.8, 4) is 0 Å². The zero-order valence-corrected chi connectivity index (χ0v) is 13.1. The van der Waals surface area contributed by atoms with Gasteiger partial charge in [0.05, 0.1) is 16.4 Å². The van der Waals surface area contributed by atoms with Crippen LogP contribution in [0.5, 0.6) is 0 Å². The smallest absolute Gasteiger partial charge is 0.283 e. The van der Waals surface area contributed by atoms with Crippen molar-refractivity contribution in [1.29, 1.82) is 0 Å². The third-order valence-electron chi connectivity index (χ3n) is 2.91. The summed E-state index contributed by atoms with van der Waals surface area (Å²) < 4.78 is 28.5. The van der Waals surface area contributed by atoms with Gasteiger partial charge < -0.3 is 5.32 Å². The topological polar surface area (TPSA) is 64.7 Å². The van der Waals surface area contributed by atoms with Crippen LogP contribution >= 0.6 is 15.9 Å². The summed E-state index contributed by atoms with van der Waals surface area (Å²) in [6.07, 6.45) is 0.744. The van der Waals surface area contributed by atoms with Gasteiger partial charge in [0.15, 0.2) is 0 Å². The predicted octanol–water partition coefficient (Wildman–Crippen LogP) is 1.94. The highest BCUT2D eigenvalue weighted by atomic mass is 79.9. The number of halogens is 3. The van der Waals surface area contributed by atoms with Gasteiger partial charge in [0.25, 0.3) is 6.43 Å². The summed E-state index contributed by atoms with van der Waals surface area (Å²) in [5.41, 5.74) is 0.992. The molecule has 0 aliphatic heterocycles. The number of rotatable bonds is 5. The van der Waals surface area contributed by atoms with Crippen molar-refractivity contribution in [2.24, 2.45) is 7.05 Å². The summed E-state index contributed by atoms with van der Waals surface area (Å²) in [4.78, 5) is 11.8. The second kappa shape index (κ2) is 6.33. The van der Waals surface area contributed by atoms with Crippen LogP contribution in [0.2, 0.25) is 0 Å². The van der Waals surface area contributed by atoms with Crippen molar-refractivity contribution >= 4 is 21.8 Å². The van der Waals surface area contributed by atoms with Crippen LogP contribution in [0.3, 0.4) is 0 Å². The van der Waals surface area contributed by atoms with Crippen molar-refractivity contribution in [1.82, 2.24) is 24.9 Å². The predicted molar refractivity (Wildman–Crippen MR) is 74.7 cm³/mol. The van der Waals surface area contributed by atoms with Crippen molar-refractivity contribution < 1.29 is 13.6 Å². The Labute approximate surface area is 128 Å². The third kappa shape index (κ3) is 3.66. The van der Waals surface area contributed by atoms with Gasteiger partial charge in [-0.1, -0.05) is 0 Å². The maximum Gasteiger partial charge on any atom is 0.283 e. The molecular formula is C12H14BrF2N5O. The zero-order chi connectivity index (χ0) is 15.6. The Kier molecular flexibility index (Phi) is 4.71. The van der Waals surface area contributed by atoms with Gasteiger partial charge in [-0.2, -0.15) is 10.2 Å². The minimum Gasteiger partial charge on any atom is -0.350 e. The maximum atomic E-state index is 12.7. The SMILES string of the molecule is Cc1c(Br)c(C(F)F)nn1CC(=O)NCc1cnn(C)c1. The highest BCUT2D eigenvalue weighted by Gasteiger charge is 2.21. The first-order chi connectivity index (χ1) is 9.88. The molecule has 0 saturated carbocycles. The number of hydrogen-bond donors (Lipinski definition) is 1. The van der Waals surface area contributed by atoms with E-state index < -0.39 is 6.43 Å². The van der Waals surface area contributed by atoms with Gasteiger partial charge in [0.1, 0.15) is 12.2 Å². The van der Waals surface area contributed by atoms with Crippen LogP contribution in [0.1, 0.15) is 23.4 Å². The number of carbonyl (C=O) groups excluding carboxylic acids is 1. The van der Waals surface area contributed by atoms with E-state index in [2.05, 4.69) is 31.4 Å². The molecule has 0 fully saturated rings. The first-order valence-corrected chi connectivity index (χ1v) is 6.93. The molecule has 0 radical (unpaired) electrons. The van der Waals surface area contributed by atoms with Crippen LogP contribution in [0, 0.1) is 6.92 Å². The van der Waals surface area contributed by atoms with E-state index in [1.54, 1.807) is 31.0 Å². The van der Waals surface area contributed by atoms with E-state index in [0.717, 1.165) is 5.56 Å². The molecule has 2 aromatic heterocycles. The Hall–Kier alpha value is -1.77. The summed E-state index contributed by atoms with van der Waals surface area (Å²) in [6, 6.07) is 0. The standard InChI is InChI=1S/C12H14BrF2N5O/c1-7-10(13)11(12(14)15)18-20(7)6-9(21)16-3-8-4-17-19(2)5-8/h4-5,12H,3,6H2,1-2H3,(H,16,21). The fourth-order valence-corrected chi connectivity index (χ4v) is 2.25. The lowest BCUT2D eigenvalue weighted by Crippen LogP contribution is -2.27. The molecule has 114 valence electrons. The Morgan fingerprint density at radius 1 is 1.52 bits per heavy atom. The fraction of sp³-hybridized carbons (Fsp3) is 0.417. The van der Waals surface area contributed by atoms with Gasteiger partial charge in [-0.15, -0.1) is 0 Å². The van der Waals surface area contributed by atoms with E-state index in [1.807, 2.05) is 0 Å². The lowest BCUT2D eigenvalue weighted by molar-refractivity contribution is -0.122. The Morgan fingerprint density at radius 3 is 2.76 bits per heavy atom. The van der Waals surface area contributed by atoms with Crippen LogP contribution in [0.4, 0.5) is 8.78 Å². The van der Waals surface area contributed by atoms with Gasteiger partial charge in [-0.05, 0) is 22.9 Å². The van der Waals surface area contributed by atoms with Gasteiger partial charge in [0, 0.05) is 25.4 Å². The quantitative estimate of drug-likeness (QED) is 0.884. The molecule has 0 aromatic carbocycles. The lowest BCUT2D eigenvalue weighted by Gasteiger charge is -2.05. The largest absolute Gasteiger partial charge is 0.350 e. The van der Waals surface area contributed by atoms with Crippen LogP contribution in [0.25, 0.3) is 0 Å². The first-order valence-electron chi connectivity index (χ1n) is 6.13. The van der Waals surface area contributed by atoms with Crippen molar-refractivity contribution in [3.63, 3.8) is 0 Å². The molecule has 6 nitrogen and oxygen atoms in total. The molecule has 2 aromatic rings. The van der Waals surface area contributed by atoms with Crippen molar-refractivity contribution in [2.45, 2.75) is 26.4 Å². The molecule has 1 N–H and O–H groups in total. The van der Waals surface area contributed by atoms with Gasteiger partial charge in [-0.3, -0.25) is 14.2 Å². The first kappa shape index (κ1) is 15.6. The Balaban J connectivity index is 1.98. The molecule has 1 amide bonds. The number of aromatic nitrogens is 4.